The van der Waals surface area contributed by atoms with Gasteiger partial charge < -0.3 is 15.1 Å². The number of rotatable bonds is 3. The Hall–Kier alpha value is -0.650. The average molecular weight is 228 g/mol. The maximum absolute atomic E-state index is 11.9. The quantitative estimate of drug-likeness (QED) is 0.643. The number of aliphatic hydroxyl groups is 2. The Bertz CT molecular complexity index is 246. The highest BCUT2D eigenvalue weighted by Crippen LogP contribution is 2.29. The van der Waals surface area contributed by atoms with Gasteiger partial charge in [-0.25, -0.2) is 0 Å². The molecule has 1 heterocycles. The van der Waals surface area contributed by atoms with Gasteiger partial charge in [0.2, 0.25) is 5.91 Å². The Balaban J connectivity index is 1.74. The Morgan fingerprint density at radius 3 is 2.31 bits per heavy atom. The van der Waals surface area contributed by atoms with Crippen molar-refractivity contribution >= 4 is 5.91 Å². The number of piperazine rings is 1. The Morgan fingerprint density at radius 2 is 1.81 bits per heavy atom. The summed E-state index contributed by atoms with van der Waals surface area (Å²) in [6.45, 7) is 4.09. The molecule has 0 bridgehead atoms. The van der Waals surface area contributed by atoms with Crippen molar-refractivity contribution in [2.75, 3.05) is 39.3 Å². The first kappa shape index (κ1) is 11.8. The second-order valence-corrected chi connectivity index (χ2v) is 4.71. The van der Waals surface area contributed by atoms with Crippen LogP contribution in [0.3, 0.4) is 0 Å². The molecule has 92 valence electrons. The predicted octanol–water partition coefficient (Wildman–Crippen LogP) is -1.11. The molecule has 2 rings (SSSR count). The highest BCUT2D eigenvalue weighted by atomic mass is 16.3. The molecule has 0 aromatic heterocycles. The number of aliphatic hydroxyl groups excluding tert-OH is 2. The molecule has 2 N–H and O–H groups in total. The highest BCUT2D eigenvalue weighted by Gasteiger charge is 2.36. The normalized spacial score (nSPS) is 31.2. The third-order valence-electron chi connectivity index (χ3n) is 3.56. The van der Waals surface area contributed by atoms with E-state index in [-0.39, 0.29) is 24.5 Å². The van der Waals surface area contributed by atoms with Crippen molar-refractivity contribution in [3.05, 3.63) is 0 Å². The number of nitrogens with zero attached hydrogens (tertiary/aromatic N) is 2. The summed E-state index contributed by atoms with van der Waals surface area (Å²) in [7, 11) is 0. The fraction of sp³-hybridized carbons (Fsp3) is 0.909. The maximum Gasteiger partial charge on any atom is 0.225 e. The number of hydrogen-bond acceptors (Lipinski definition) is 4. The van der Waals surface area contributed by atoms with Gasteiger partial charge in [-0.1, -0.05) is 0 Å². The number of carbonyl (C=O) groups excluding carboxylic acids is 1. The van der Waals surface area contributed by atoms with E-state index in [0.29, 0.717) is 19.4 Å². The van der Waals surface area contributed by atoms with Crippen LogP contribution in [0.15, 0.2) is 0 Å². The summed E-state index contributed by atoms with van der Waals surface area (Å²) in [6, 6.07) is 0. The molecule has 5 heteroatoms. The molecule has 2 fully saturated rings. The van der Waals surface area contributed by atoms with Crippen molar-refractivity contribution in [2.45, 2.75) is 18.9 Å². The van der Waals surface area contributed by atoms with Crippen LogP contribution >= 0.6 is 0 Å². The minimum Gasteiger partial charge on any atom is -0.395 e. The molecule has 1 saturated carbocycles. The lowest BCUT2D eigenvalue weighted by Crippen LogP contribution is -2.52. The maximum atomic E-state index is 11.9. The van der Waals surface area contributed by atoms with Crippen molar-refractivity contribution < 1.29 is 15.0 Å². The molecule has 0 aromatic rings. The van der Waals surface area contributed by atoms with Crippen molar-refractivity contribution in [3.8, 4) is 0 Å². The van der Waals surface area contributed by atoms with E-state index in [1.165, 1.54) is 0 Å². The molecule has 0 spiro atoms. The first-order valence-electron chi connectivity index (χ1n) is 6.00. The van der Waals surface area contributed by atoms with E-state index in [0.717, 1.165) is 26.2 Å². The van der Waals surface area contributed by atoms with E-state index in [9.17, 15) is 9.90 Å². The molecule has 1 aliphatic carbocycles. The van der Waals surface area contributed by atoms with Crippen molar-refractivity contribution in [2.24, 2.45) is 5.92 Å². The van der Waals surface area contributed by atoms with Crippen LogP contribution in [-0.4, -0.2) is 71.4 Å². The van der Waals surface area contributed by atoms with Gasteiger partial charge in [0.1, 0.15) is 0 Å². The van der Waals surface area contributed by atoms with Gasteiger partial charge in [0.15, 0.2) is 0 Å². The van der Waals surface area contributed by atoms with Crippen LogP contribution < -0.4 is 0 Å². The molecular formula is C11H20N2O3. The van der Waals surface area contributed by atoms with Crippen LogP contribution in [0.4, 0.5) is 0 Å². The fourth-order valence-electron chi connectivity index (χ4n) is 2.38. The second kappa shape index (κ2) is 5.12. The van der Waals surface area contributed by atoms with Crippen LogP contribution in [0, 0.1) is 5.92 Å². The molecule has 0 radical (unpaired) electrons. The van der Waals surface area contributed by atoms with Gasteiger partial charge in [0.05, 0.1) is 12.7 Å². The van der Waals surface area contributed by atoms with Gasteiger partial charge in [-0.15, -0.1) is 0 Å². The van der Waals surface area contributed by atoms with Crippen LogP contribution in [-0.2, 0) is 4.79 Å². The van der Waals surface area contributed by atoms with Crippen LogP contribution in [0.2, 0.25) is 0 Å². The molecule has 5 nitrogen and oxygen atoms in total. The van der Waals surface area contributed by atoms with Gasteiger partial charge in [-0.2, -0.15) is 0 Å². The number of hydrogen-bond donors (Lipinski definition) is 2. The van der Waals surface area contributed by atoms with E-state index in [2.05, 4.69) is 4.90 Å². The minimum atomic E-state index is -0.260. The SMILES string of the molecule is O=C(C1CC(O)C1)N1CCN(CCO)CC1. The van der Waals surface area contributed by atoms with Crippen LogP contribution in [0.25, 0.3) is 0 Å². The standard InChI is InChI=1S/C11H20N2O3/c14-6-5-12-1-3-13(4-2-12)11(16)9-7-10(15)8-9/h9-10,14-15H,1-8H2. The topological polar surface area (TPSA) is 64.0 Å². The van der Waals surface area contributed by atoms with Crippen molar-refractivity contribution in [1.29, 1.82) is 0 Å². The fourth-order valence-corrected chi connectivity index (χ4v) is 2.38. The molecule has 0 aromatic carbocycles. The van der Waals surface area contributed by atoms with Gasteiger partial charge in [0.25, 0.3) is 0 Å². The molecule has 1 aliphatic heterocycles. The monoisotopic (exact) mass is 228 g/mol. The van der Waals surface area contributed by atoms with Crippen molar-refractivity contribution in [1.82, 2.24) is 9.80 Å². The molecule has 1 amide bonds. The van der Waals surface area contributed by atoms with E-state index in [1.54, 1.807) is 0 Å². The largest absolute Gasteiger partial charge is 0.395 e. The van der Waals surface area contributed by atoms with Gasteiger partial charge in [-0.05, 0) is 12.8 Å². The molecule has 0 unspecified atom stereocenters. The smallest absolute Gasteiger partial charge is 0.225 e. The third-order valence-corrected chi connectivity index (χ3v) is 3.56. The molecule has 1 saturated heterocycles. The number of amides is 1. The van der Waals surface area contributed by atoms with Gasteiger partial charge >= 0.3 is 0 Å². The van der Waals surface area contributed by atoms with Gasteiger partial charge in [-0.3, -0.25) is 9.69 Å². The van der Waals surface area contributed by atoms with E-state index < -0.39 is 0 Å². The predicted molar refractivity (Wildman–Crippen MR) is 58.8 cm³/mol. The van der Waals surface area contributed by atoms with Crippen LogP contribution in [0.1, 0.15) is 12.8 Å². The summed E-state index contributed by atoms with van der Waals surface area (Å²) in [5.41, 5.74) is 0. The summed E-state index contributed by atoms with van der Waals surface area (Å²) in [5.74, 6) is 0.258. The molecular weight excluding hydrogens is 208 g/mol. The summed E-state index contributed by atoms with van der Waals surface area (Å²) in [5, 5.41) is 18.0. The second-order valence-electron chi connectivity index (χ2n) is 4.71. The summed E-state index contributed by atoms with van der Waals surface area (Å²) >= 11 is 0. The van der Waals surface area contributed by atoms with E-state index in [4.69, 9.17) is 5.11 Å². The molecule has 16 heavy (non-hydrogen) atoms. The Labute approximate surface area is 95.6 Å². The third kappa shape index (κ3) is 2.53. The lowest BCUT2D eigenvalue weighted by molar-refractivity contribution is -0.144. The Morgan fingerprint density at radius 1 is 1.19 bits per heavy atom. The van der Waals surface area contributed by atoms with E-state index >= 15 is 0 Å². The number of β-amino-alcohol motifs (C(OH)–C–C–N with tert-alkyl or cyclic N) is 1. The summed E-state index contributed by atoms with van der Waals surface area (Å²) in [6.07, 6.45) is 1.01. The zero-order valence-electron chi connectivity index (χ0n) is 9.51. The first-order valence-corrected chi connectivity index (χ1v) is 6.00. The summed E-state index contributed by atoms with van der Waals surface area (Å²) < 4.78 is 0. The average Bonchev–Trinajstić information content (AvgIpc) is 2.25. The lowest BCUT2D eigenvalue weighted by atomic mass is 9.81. The first-order chi connectivity index (χ1) is 7.70. The highest BCUT2D eigenvalue weighted by molar-refractivity contribution is 5.80. The lowest BCUT2D eigenvalue weighted by Gasteiger charge is -2.39. The molecule has 0 atom stereocenters. The zero-order valence-corrected chi connectivity index (χ0v) is 9.51. The number of carbonyl (C=O) groups is 1. The Kier molecular flexibility index (Phi) is 3.78. The van der Waals surface area contributed by atoms with Crippen LogP contribution in [0.5, 0.6) is 0 Å². The molecule has 2 aliphatic rings. The van der Waals surface area contributed by atoms with Crippen molar-refractivity contribution in [3.63, 3.8) is 0 Å². The zero-order chi connectivity index (χ0) is 11.5. The van der Waals surface area contributed by atoms with Gasteiger partial charge in [0, 0.05) is 38.6 Å². The summed E-state index contributed by atoms with van der Waals surface area (Å²) in [4.78, 5) is 16.0. The van der Waals surface area contributed by atoms with E-state index in [1.807, 2.05) is 4.90 Å². The minimum absolute atomic E-state index is 0.0550.